The number of hydrogen-bond acceptors (Lipinski definition) is 7. The summed E-state index contributed by atoms with van der Waals surface area (Å²) in [7, 11) is 3.31. The minimum Gasteiger partial charge on any atom is -0.495 e. The van der Waals surface area contributed by atoms with Crippen molar-refractivity contribution in [1.29, 1.82) is 0 Å². The summed E-state index contributed by atoms with van der Waals surface area (Å²) in [6.07, 6.45) is 0. The first-order valence-electron chi connectivity index (χ1n) is 5.90. The second kappa shape index (κ2) is 7.48. The quantitative estimate of drug-likeness (QED) is 0.785. The maximum atomic E-state index is 12.0. The molecule has 1 heterocycles. The summed E-state index contributed by atoms with van der Waals surface area (Å²) in [5.41, 5.74) is 0.545. The average molecular weight is 345 g/mol. The predicted molar refractivity (Wildman–Crippen MR) is 86.8 cm³/mol. The lowest BCUT2D eigenvalue weighted by Gasteiger charge is -2.09. The van der Waals surface area contributed by atoms with Gasteiger partial charge < -0.3 is 15.4 Å². The van der Waals surface area contributed by atoms with Crippen molar-refractivity contribution in [2.24, 2.45) is 0 Å². The van der Waals surface area contributed by atoms with Gasteiger partial charge in [-0.2, -0.15) is 0 Å². The third kappa shape index (κ3) is 4.48. The van der Waals surface area contributed by atoms with Crippen molar-refractivity contribution in [2.45, 2.75) is 4.34 Å². The van der Waals surface area contributed by atoms with E-state index in [1.54, 1.807) is 25.2 Å². The van der Waals surface area contributed by atoms with Crippen LogP contribution in [0.2, 0.25) is 5.02 Å². The molecule has 21 heavy (non-hydrogen) atoms. The Hall–Kier alpha value is -1.51. The highest BCUT2D eigenvalue weighted by Gasteiger charge is 2.10. The van der Waals surface area contributed by atoms with Gasteiger partial charge in [0.2, 0.25) is 11.0 Å². The lowest BCUT2D eigenvalue weighted by Crippen LogP contribution is -2.14. The summed E-state index contributed by atoms with van der Waals surface area (Å²) in [4.78, 5) is 12.0. The molecule has 112 valence electrons. The Morgan fingerprint density at radius 2 is 2.29 bits per heavy atom. The molecule has 0 atom stereocenters. The highest BCUT2D eigenvalue weighted by Crippen LogP contribution is 2.29. The molecule has 1 aromatic heterocycles. The SMILES string of the molecule is CNc1nnc(SCC(=O)Nc2cc(Cl)ccc2OC)s1. The molecule has 0 aliphatic heterocycles. The van der Waals surface area contributed by atoms with Gasteiger partial charge in [-0.05, 0) is 18.2 Å². The molecule has 0 bridgehead atoms. The standard InChI is InChI=1S/C12H13ClN4O2S2/c1-14-11-16-17-12(21-11)20-6-10(18)15-8-5-7(13)3-4-9(8)19-2/h3-5H,6H2,1-2H3,(H,14,16)(H,15,18). The number of hydrogen-bond donors (Lipinski definition) is 2. The van der Waals surface area contributed by atoms with Crippen LogP contribution in [0.15, 0.2) is 22.5 Å². The summed E-state index contributed by atoms with van der Waals surface area (Å²) < 4.78 is 5.90. The molecule has 0 saturated carbocycles. The van der Waals surface area contributed by atoms with Crippen LogP contribution in [-0.4, -0.2) is 36.0 Å². The highest BCUT2D eigenvalue weighted by molar-refractivity contribution is 8.01. The normalized spacial score (nSPS) is 10.2. The Morgan fingerprint density at radius 1 is 1.48 bits per heavy atom. The van der Waals surface area contributed by atoms with Gasteiger partial charge in [0.15, 0.2) is 4.34 Å². The van der Waals surface area contributed by atoms with Crippen molar-refractivity contribution < 1.29 is 9.53 Å². The van der Waals surface area contributed by atoms with Gasteiger partial charge in [-0.15, -0.1) is 10.2 Å². The van der Waals surface area contributed by atoms with Crippen LogP contribution < -0.4 is 15.4 Å². The molecule has 1 amide bonds. The van der Waals surface area contributed by atoms with Gasteiger partial charge >= 0.3 is 0 Å². The van der Waals surface area contributed by atoms with E-state index in [0.29, 0.717) is 16.5 Å². The molecule has 0 aliphatic rings. The molecule has 0 fully saturated rings. The Kier molecular flexibility index (Phi) is 5.66. The van der Waals surface area contributed by atoms with Crippen molar-refractivity contribution in [3.05, 3.63) is 23.2 Å². The van der Waals surface area contributed by atoms with Crippen LogP contribution in [-0.2, 0) is 4.79 Å². The summed E-state index contributed by atoms with van der Waals surface area (Å²) in [6.45, 7) is 0. The monoisotopic (exact) mass is 344 g/mol. The maximum absolute atomic E-state index is 12.0. The molecule has 2 rings (SSSR count). The number of amides is 1. The molecule has 2 aromatic rings. The Morgan fingerprint density at radius 3 is 2.95 bits per heavy atom. The van der Waals surface area contributed by atoms with E-state index >= 15 is 0 Å². The van der Waals surface area contributed by atoms with E-state index in [1.807, 2.05) is 0 Å². The summed E-state index contributed by atoms with van der Waals surface area (Å²) in [5.74, 6) is 0.626. The molecular formula is C12H13ClN4O2S2. The number of methoxy groups -OCH3 is 1. The number of aromatic nitrogens is 2. The topological polar surface area (TPSA) is 76.1 Å². The number of ether oxygens (including phenoxy) is 1. The number of thioether (sulfide) groups is 1. The molecule has 9 heteroatoms. The minimum atomic E-state index is -0.165. The first-order chi connectivity index (χ1) is 10.1. The van der Waals surface area contributed by atoms with Crippen LogP contribution in [0.4, 0.5) is 10.8 Å². The van der Waals surface area contributed by atoms with Gasteiger partial charge in [-0.3, -0.25) is 4.79 Å². The van der Waals surface area contributed by atoms with Crippen LogP contribution in [0, 0.1) is 0 Å². The highest BCUT2D eigenvalue weighted by atomic mass is 35.5. The molecular weight excluding hydrogens is 332 g/mol. The Balaban J connectivity index is 1.94. The number of carbonyl (C=O) groups excluding carboxylic acids is 1. The van der Waals surface area contributed by atoms with Crippen molar-refractivity contribution in [3.8, 4) is 5.75 Å². The zero-order valence-corrected chi connectivity index (χ0v) is 13.7. The number of anilines is 2. The maximum Gasteiger partial charge on any atom is 0.234 e. The first-order valence-corrected chi connectivity index (χ1v) is 8.08. The molecule has 1 aromatic carbocycles. The molecule has 6 nitrogen and oxygen atoms in total. The summed E-state index contributed by atoms with van der Waals surface area (Å²) >= 11 is 8.63. The largest absolute Gasteiger partial charge is 0.495 e. The first kappa shape index (κ1) is 15.9. The van der Waals surface area contributed by atoms with Crippen molar-refractivity contribution in [2.75, 3.05) is 30.5 Å². The predicted octanol–water partition coefficient (Wildman–Crippen LogP) is 2.97. The minimum absolute atomic E-state index is 0.165. The third-order valence-electron chi connectivity index (χ3n) is 2.38. The Bertz CT molecular complexity index is 635. The van der Waals surface area contributed by atoms with E-state index in [9.17, 15) is 4.79 Å². The van der Waals surface area contributed by atoms with E-state index in [-0.39, 0.29) is 11.7 Å². The van der Waals surface area contributed by atoms with Crippen molar-refractivity contribution >= 4 is 51.4 Å². The van der Waals surface area contributed by atoms with Crippen LogP contribution in [0.1, 0.15) is 0 Å². The zero-order valence-electron chi connectivity index (χ0n) is 11.3. The van der Waals surface area contributed by atoms with Gasteiger partial charge in [0.1, 0.15) is 5.75 Å². The average Bonchev–Trinajstić information content (AvgIpc) is 2.93. The van der Waals surface area contributed by atoms with E-state index in [0.717, 1.165) is 9.47 Å². The second-order valence-corrected chi connectivity index (χ2v) is 6.44. The third-order valence-corrected chi connectivity index (χ3v) is 4.69. The zero-order chi connectivity index (χ0) is 15.2. The summed E-state index contributed by atoms with van der Waals surface area (Å²) in [5, 5.41) is 14.8. The van der Waals surface area contributed by atoms with Gasteiger partial charge in [-0.1, -0.05) is 34.7 Å². The van der Waals surface area contributed by atoms with Gasteiger partial charge in [0.25, 0.3) is 0 Å². The van der Waals surface area contributed by atoms with Gasteiger partial charge in [-0.25, -0.2) is 0 Å². The molecule has 2 N–H and O–H groups in total. The number of nitrogens with one attached hydrogen (secondary N) is 2. The fourth-order valence-corrected chi connectivity index (χ4v) is 3.14. The van der Waals surface area contributed by atoms with E-state index in [2.05, 4.69) is 20.8 Å². The van der Waals surface area contributed by atoms with Crippen molar-refractivity contribution in [3.63, 3.8) is 0 Å². The molecule has 0 aliphatic carbocycles. The van der Waals surface area contributed by atoms with Crippen LogP contribution in [0.3, 0.4) is 0 Å². The number of nitrogens with zero attached hydrogens (tertiary/aromatic N) is 2. The number of benzene rings is 1. The lowest BCUT2D eigenvalue weighted by atomic mass is 10.3. The van der Waals surface area contributed by atoms with Crippen molar-refractivity contribution in [1.82, 2.24) is 10.2 Å². The second-order valence-electron chi connectivity index (χ2n) is 3.80. The van der Waals surface area contributed by atoms with E-state index in [4.69, 9.17) is 16.3 Å². The molecule has 0 saturated heterocycles. The fourth-order valence-electron chi connectivity index (χ4n) is 1.46. The lowest BCUT2D eigenvalue weighted by molar-refractivity contribution is -0.113. The summed E-state index contributed by atoms with van der Waals surface area (Å²) in [6, 6.07) is 5.05. The smallest absolute Gasteiger partial charge is 0.234 e. The fraction of sp³-hybridized carbons (Fsp3) is 0.250. The molecule has 0 unspecified atom stereocenters. The number of rotatable bonds is 6. The van der Waals surface area contributed by atoms with E-state index < -0.39 is 0 Å². The Labute approximate surface area is 135 Å². The molecule has 0 radical (unpaired) electrons. The van der Waals surface area contributed by atoms with Gasteiger partial charge in [0, 0.05) is 12.1 Å². The van der Waals surface area contributed by atoms with Gasteiger partial charge in [0.05, 0.1) is 18.6 Å². The van der Waals surface area contributed by atoms with E-state index in [1.165, 1.54) is 30.2 Å². The van der Waals surface area contributed by atoms with Crippen LogP contribution in [0.25, 0.3) is 0 Å². The van der Waals surface area contributed by atoms with Crippen LogP contribution >= 0.6 is 34.7 Å². The number of carbonyl (C=O) groups is 1. The number of halogens is 1. The van der Waals surface area contributed by atoms with Crippen LogP contribution in [0.5, 0.6) is 5.75 Å². The molecule has 0 spiro atoms.